The number of hydrogen-bond donors (Lipinski definition) is 1. The van der Waals surface area contributed by atoms with Gasteiger partial charge in [0.2, 0.25) is 5.91 Å². The fourth-order valence-corrected chi connectivity index (χ4v) is 2.39. The molecule has 0 saturated carbocycles. The van der Waals surface area contributed by atoms with E-state index in [1.165, 1.54) is 0 Å². The molecular weight excluding hydrogens is 264 g/mol. The second kappa shape index (κ2) is 7.04. The number of nitrogens with zero attached hydrogens (tertiary/aromatic N) is 3. The van der Waals surface area contributed by atoms with E-state index in [2.05, 4.69) is 5.10 Å². The number of nitrogens with two attached hydrogens (primary N) is 1. The number of amides is 1. The van der Waals surface area contributed by atoms with Gasteiger partial charge in [0.25, 0.3) is 0 Å². The van der Waals surface area contributed by atoms with Crippen molar-refractivity contribution < 1.29 is 4.79 Å². The lowest BCUT2D eigenvalue weighted by molar-refractivity contribution is -0.134. The zero-order chi connectivity index (χ0) is 15.2. The summed E-state index contributed by atoms with van der Waals surface area (Å²) in [5, 5.41) is 4.12. The summed E-state index contributed by atoms with van der Waals surface area (Å²) in [6, 6.07) is 9.98. The van der Waals surface area contributed by atoms with Crippen LogP contribution >= 0.6 is 0 Å². The van der Waals surface area contributed by atoms with Crippen molar-refractivity contribution in [2.75, 3.05) is 13.6 Å². The van der Waals surface area contributed by atoms with Crippen LogP contribution in [0, 0.1) is 5.92 Å². The summed E-state index contributed by atoms with van der Waals surface area (Å²) in [4.78, 5) is 14.2. The van der Waals surface area contributed by atoms with Gasteiger partial charge in [0.15, 0.2) is 0 Å². The number of aryl methyl sites for hydroxylation is 1. The van der Waals surface area contributed by atoms with Gasteiger partial charge in [0.1, 0.15) is 0 Å². The minimum Gasteiger partial charge on any atom is -0.341 e. The van der Waals surface area contributed by atoms with Crippen LogP contribution in [-0.2, 0) is 24.8 Å². The van der Waals surface area contributed by atoms with Gasteiger partial charge in [-0.3, -0.25) is 9.48 Å². The predicted molar refractivity (Wildman–Crippen MR) is 82.4 cm³/mol. The lowest BCUT2D eigenvalue weighted by Gasteiger charge is -2.22. The summed E-state index contributed by atoms with van der Waals surface area (Å²) in [5.41, 5.74) is 7.95. The average Bonchev–Trinajstić information content (AvgIpc) is 2.90. The molecule has 0 radical (unpaired) electrons. The highest BCUT2D eigenvalue weighted by Gasteiger charge is 2.21. The van der Waals surface area contributed by atoms with Crippen LogP contribution in [-0.4, -0.2) is 34.2 Å². The van der Waals surface area contributed by atoms with Gasteiger partial charge in [-0.1, -0.05) is 30.3 Å². The highest BCUT2D eigenvalue weighted by molar-refractivity contribution is 5.79. The van der Waals surface area contributed by atoms with Crippen LogP contribution in [0.2, 0.25) is 0 Å². The third-order valence-corrected chi connectivity index (χ3v) is 3.51. The Kier molecular flexibility index (Phi) is 5.11. The molecule has 0 bridgehead atoms. The standard InChI is InChI=1S/C16H22N4O/c1-19(11-14-10-18-20(2)12-14)16(21)15(9-17)8-13-6-4-3-5-7-13/h3-7,10,12,15H,8-9,11,17H2,1-2H3. The van der Waals surface area contributed by atoms with Gasteiger partial charge < -0.3 is 10.6 Å². The van der Waals surface area contributed by atoms with Crippen molar-refractivity contribution in [3.05, 3.63) is 53.9 Å². The van der Waals surface area contributed by atoms with E-state index in [0.29, 0.717) is 19.5 Å². The lowest BCUT2D eigenvalue weighted by atomic mass is 9.98. The van der Waals surface area contributed by atoms with Gasteiger partial charge in [-0.15, -0.1) is 0 Å². The van der Waals surface area contributed by atoms with E-state index in [-0.39, 0.29) is 11.8 Å². The Labute approximate surface area is 125 Å². The molecule has 0 aliphatic carbocycles. The first-order chi connectivity index (χ1) is 10.1. The number of carbonyl (C=O) groups excluding carboxylic acids is 1. The zero-order valence-corrected chi connectivity index (χ0v) is 12.6. The molecule has 1 atom stereocenters. The Morgan fingerprint density at radius 1 is 1.33 bits per heavy atom. The number of benzene rings is 1. The number of rotatable bonds is 6. The molecule has 0 fully saturated rings. The smallest absolute Gasteiger partial charge is 0.227 e. The maximum atomic E-state index is 12.5. The van der Waals surface area contributed by atoms with Gasteiger partial charge in [-0.25, -0.2) is 0 Å². The molecule has 5 nitrogen and oxygen atoms in total. The summed E-state index contributed by atoms with van der Waals surface area (Å²) in [6.07, 6.45) is 4.37. The van der Waals surface area contributed by atoms with Gasteiger partial charge in [0, 0.05) is 38.9 Å². The van der Waals surface area contributed by atoms with Crippen LogP contribution in [0.1, 0.15) is 11.1 Å². The second-order valence-corrected chi connectivity index (χ2v) is 5.34. The number of carbonyl (C=O) groups is 1. The molecule has 0 saturated heterocycles. The number of hydrogen-bond acceptors (Lipinski definition) is 3. The second-order valence-electron chi connectivity index (χ2n) is 5.34. The van der Waals surface area contributed by atoms with Gasteiger partial charge >= 0.3 is 0 Å². The molecule has 2 rings (SSSR count). The maximum Gasteiger partial charge on any atom is 0.227 e. The van der Waals surface area contributed by atoms with Crippen molar-refractivity contribution in [3.63, 3.8) is 0 Å². The normalized spacial score (nSPS) is 12.1. The minimum atomic E-state index is -0.186. The van der Waals surface area contributed by atoms with E-state index < -0.39 is 0 Å². The Balaban J connectivity index is 1.98. The Morgan fingerprint density at radius 3 is 2.62 bits per heavy atom. The maximum absolute atomic E-state index is 12.5. The van der Waals surface area contributed by atoms with E-state index in [9.17, 15) is 4.79 Å². The van der Waals surface area contributed by atoms with E-state index in [1.54, 1.807) is 15.8 Å². The highest BCUT2D eigenvalue weighted by atomic mass is 16.2. The largest absolute Gasteiger partial charge is 0.341 e. The van der Waals surface area contributed by atoms with E-state index in [0.717, 1.165) is 11.1 Å². The lowest BCUT2D eigenvalue weighted by Crippen LogP contribution is -2.37. The van der Waals surface area contributed by atoms with Gasteiger partial charge in [-0.05, 0) is 12.0 Å². The Hall–Kier alpha value is -2.14. The summed E-state index contributed by atoms with van der Waals surface area (Å²) in [7, 11) is 3.67. The molecule has 1 heterocycles. The van der Waals surface area contributed by atoms with Crippen molar-refractivity contribution in [2.45, 2.75) is 13.0 Å². The molecular formula is C16H22N4O. The fourth-order valence-electron chi connectivity index (χ4n) is 2.39. The van der Waals surface area contributed by atoms with Crippen molar-refractivity contribution in [2.24, 2.45) is 18.7 Å². The molecule has 0 aliphatic heterocycles. The Morgan fingerprint density at radius 2 is 2.05 bits per heavy atom. The third-order valence-electron chi connectivity index (χ3n) is 3.51. The van der Waals surface area contributed by atoms with Crippen molar-refractivity contribution in [1.82, 2.24) is 14.7 Å². The zero-order valence-electron chi connectivity index (χ0n) is 12.6. The molecule has 21 heavy (non-hydrogen) atoms. The molecule has 112 valence electrons. The summed E-state index contributed by atoms with van der Waals surface area (Å²) in [5.74, 6) is -0.112. The molecule has 5 heteroatoms. The van der Waals surface area contributed by atoms with E-state index >= 15 is 0 Å². The molecule has 1 amide bonds. The first-order valence-electron chi connectivity index (χ1n) is 7.06. The summed E-state index contributed by atoms with van der Waals surface area (Å²) >= 11 is 0. The van der Waals surface area contributed by atoms with Crippen LogP contribution in [0.5, 0.6) is 0 Å². The average molecular weight is 286 g/mol. The molecule has 0 aliphatic rings. The Bertz CT molecular complexity index is 579. The van der Waals surface area contributed by atoms with Gasteiger partial charge in [-0.2, -0.15) is 5.10 Å². The quantitative estimate of drug-likeness (QED) is 0.867. The molecule has 1 unspecified atom stereocenters. The summed E-state index contributed by atoms with van der Waals surface area (Å²) < 4.78 is 1.73. The topological polar surface area (TPSA) is 64.2 Å². The van der Waals surface area contributed by atoms with Crippen molar-refractivity contribution >= 4 is 5.91 Å². The molecule has 0 spiro atoms. The SMILES string of the molecule is CN(Cc1cnn(C)c1)C(=O)C(CN)Cc1ccccc1. The minimum absolute atomic E-state index is 0.0743. The summed E-state index contributed by atoms with van der Waals surface area (Å²) in [6.45, 7) is 0.906. The van der Waals surface area contributed by atoms with E-state index in [4.69, 9.17) is 5.73 Å². The van der Waals surface area contributed by atoms with Crippen LogP contribution < -0.4 is 5.73 Å². The van der Waals surface area contributed by atoms with Crippen LogP contribution in [0.25, 0.3) is 0 Å². The molecule has 1 aromatic heterocycles. The van der Waals surface area contributed by atoms with Crippen molar-refractivity contribution in [1.29, 1.82) is 0 Å². The monoisotopic (exact) mass is 286 g/mol. The van der Waals surface area contributed by atoms with Crippen LogP contribution in [0.3, 0.4) is 0 Å². The van der Waals surface area contributed by atoms with E-state index in [1.807, 2.05) is 50.6 Å². The van der Waals surface area contributed by atoms with Crippen molar-refractivity contribution in [3.8, 4) is 0 Å². The first-order valence-corrected chi connectivity index (χ1v) is 7.06. The third kappa shape index (κ3) is 4.16. The fraction of sp³-hybridized carbons (Fsp3) is 0.375. The molecule has 2 N–H and O–H groups in total. The molecule has 2 aromatic rings. The predicted octanol–water partition coefficient (Wildman–Crippen LogP) is 1.20. The highest BCUT2D eigenvalue weighted by Crippen LogP contribution is 2.12. The first kappa shape index (κ1) is 15.3. The molecule has 1 aromatic carbocycles. The van der Waals surface area contributed by atoms with Crippen LogP contribution in [0.4, 0.5) is 0 Å². The number of aromatic nitrogens is 2. The van der Waals surface area contributed by atoms with Crippen LogP contribution in [0.15, 0.2) is 42.7 Å². The van der Waals surface area contributed by atoms with Gasteiger partial charge in [0.05, 0.1) is 12.1 Å².